The normalized spacial score (nSPS) is 18.4. The molecule has 0 spiro atoms. The third-order valence-corrected chi connectivity index (χ3v) is 3.08. The SMILES string of the molecule is O=C(O)c1cc(F)ccc1NC(=O)N1CCOC(CO)C1. The van der Waals surface area contributed by atoms with Crippen LogP contribution >= 0.6 is 0 Å². The molecule has 114 valence electrons. The lowest BCUT2D eigenvalue weighted by Crippen LogP contribution is -2.48. The van der Waals surface area contributed by atoms with Gasteiger partial charge in [-0.05, 0) is 18.2 Å². The van der Waals surface area contributed by atoms with E-state index in [9.17, 15) is 14.0 Å². The van der Waals surface area contributed by atoms with Gasteiger partial charge in [0.05, 0.1) is 37.1 Å². The third-order valence-electron chi connectivity index (χ3n) is 3.08. The summed E-state index contributed by atoms with van der Waals surface area (Å²) in [6, 6.07) is 2.58. The molecule has 1 heterocycles. The lowest BCUT2D eigenvalue weighted by atomic mass is 10.1. The zero-order valence-corrected chi connectivity index (χ0v) is 11.1. The molecule has 1 fully saturated rings. The Balaban J connectivity index is 2.11. The average molecular weight is 298 g/mol. The van der Waals surface area contributed by atoms with E-state index < -0.39 is 23.9 Å². The standard InChI is InChI=1S/C13H15FN2O5/c14-8-1-2-11(10(5-8)12(18)19)15-13(20)16-3-4-21-9(6-16)7-17/h1-2,5,9,17H,3-4,6-7H2,(H,15,20)(H,18,19). The van der Waals surface area contributed by atoms with Crippen molar-refractivity contribution in [2.24, 2.45) is 0 Å². The number of rotatable bonds is 3. The number of aliphatic hydroxyl groups excluding tert-OH is 1. The van der Waals surface area contributed by atoms with Crippen LogP contribution in [0.3, 0.4) is 0 Å². The molecule has 21 heavy (non-hydrogen) atoms. The number of carbonyl (C=O) groups excluding carboxylic acids is 1. The van der Waals surface area contributed by atoms with Gasteiger partial charge in [-0.15, -0.1) is 0 Å². The molecule has 0 radical (unpaired) electrons. The Morgan fingerprint density at radius 2 is 2.24 bits per heavy atom. The van der Waals surface area contributed by atoms with Crippen LogP contribution in [0.15, 0.2) is 18.2 Å². The van der Waals surface area contributed by atoms with Crippen molar-refractivity contribution in [3.63, 3.8) is 0 Å². The molecule has 1 aromatic rings. The summed E-state index contributed by atoms with van der Waals surface area (Å²) in [7, 11) is 0. The van der Waals surface area contributed by atoms with Crippen LogP contribution in [-0.2, 0) is 4.74 Å². The van der Waals surface area contributed by atoms with Crippen LogP contribution in [0.25, 0.3) is 0 Å². The van der Waals surface area contributed by atoms with E-state index >= 15 is 0 Å². The van der Waals surface area contributed by atoms with E-state index in [4.69, 9.17) is 14.9 Å². The first kappa shape index (κ1) is 15.2. The number of carboxylic acid groups (broad SMARTS) is 1. The zero-order valence-electron chi connectivity index (χ0n) is 11.1. The van der Waals surface area contributed by atoms with Gasteiger partial charge in [0.15, 0.2) is 0 Å². The molecule has 3 N–H and O–H groups in total. The fourth-order valence-corrected chi connectivity index (χ4v) is 2.01. The molecule has 0 bridgehead atoms. The molecule has 0 saturated carbocycles. The van der Waals surface area contributed by atoms with Crippen molar-refractivity contribution in [1.29, 1.82) is 0 Å². The first-order valence-corrected chi connectivity index (χ1v) is 6.32. The molecule has 1 aromatic carbocycles. The number of amides is 2. The Morgan fingerprint density at radius 1 is 1.48 bits per heavy atom. The van der Waals surface area contributed by atoms with Crippen LogP contribution in [0.2, 0.25) is 0 Å². The minimum Gasteiger partial charge on any atom is -0.478 e. The molecule has 0 aliphatic carbocycles. The van der Waals surface area contributed by atoms with Crippen molar-refractivity contribution < 1.29 is 28.9 Å². The number of ether oxygens (including phenoxy) is 1. The Hall–Kier alpha value is -2.19. The highest BCUT2D eigenvalue weighted by Crippen LogP contribution is 2.18. The third kappa shape index (κ3) is 3.67. The number of urea groups is 1. The van der Waals surface area contributed by atoms with Crippen molar-refractivity contribution in [3.05, 3.63) is 29.6 Å². The van der Waals surface area contributed by atoms with Gasteiger partial charge in [0.2, 0.25) is 0 Å². The van der Waals surface area contributed by atoms with Gasteiger partial charge in [-0.3, -0.25) is 0 Å². The number of morpholine rings is 1. The number of aromatic carboxylic acids is 1. The summed E-state index contributed by atoms with van der Waals surface area (Å²) in [4.78, 5) is 24.5. The quantitative estimate of drug-likeness (QED) is 0.764. The van der Waals surface area contributed by atoms with E-state index in [0.29, 0.717) is 6.54 Å². The van der Waals surface area contributed by atoms with E-state index in [1.807, 2.05) is 0 Å². The Bertz CT molecular complexity index is 551. The van der Waals surface area contributed by atoms with Crippen molar-refractivity contribution in [2.75, 3.05) is 31.6 Å². The lowest BCUT2D eigenvalue weighted by molar-refractivity contribution is -0.0388. The van der Waals surface area contributed by atoms with E-state index in [-0.39, 0.29) is 31.0 Å². The number of hydrogen-bond donors (Lipinski definition) is 3. The van der Waals surface area contributed by atoms with Crippen LogP contribution in [0, 0.1) is 5.82 Å². The van der Waals surface area contributed by atoms with E-state index in [2.05, 4.69) is 5.32 Å². The van der Waals surface area contributed by atoms with Crippen molar-refractivity contribution >= 4 is 17.7 Å². The topological polar surface area (TPSA) is 99.1 Å². The van der Waals surface area contributed by atoms with Crippen molar-refractivity contribution in [1.82, 2.24) is 4.90 Å². The summed E-state index contributed by atoms with van der Waals surface area (Å²) in [5.74, 6) is -2.03. The summed E-state index contributed by atoms with van der Waals surface area (Å²) < 4.78 is 18.3. The van der Waals surface area contributed by atoms with Gasteiger partial charge in [-0.2, -0.15) is 0 Å². The smallest absolute Gasteiger partial charge is 0.337 e. The summed E-state index contributed by atoms with van der Waals surface area (Å²) in [5.41, 5.74) is -0.309. The van der Waals surface area contributed by atoms with Gasteiger partial charge in [0.25, 0.3) is 0 Å². The number of halogens is 1. The summed E-state index contributed by atoms with van der Waals surface area (Å²) in [6.45, 7) is 0.604. The highest BCUT2D eigenvalue weighted by atomic mass is 19.1. The highest BCUT2D eigenvalue weighted by molar-refractivity contribution is 6.00. The molecule has 1 unspecified atom stereocenters. The predicted octanol–water partition coefficient (Wildman–Crippen LogP) is 0.749. The first-order chi connectivity index (χ1) is 10.0. The van der Waals surface area contributed by atoms with E-state index in [1.165, 1.54) is 11.0 Å². The summed E-state index contributed by atoms with van der Waals surface area (Å²) in [6.07, 6.45) is -0.461. The minimum atomic E-state index is -1.33. The largest absolute Gasteiger partial charge is 0.478 e. The number of carboxylic acids is 1. The molecule has 7 nitrogen and oxygen atoms in total. The van der Waals surface area contributed by atoms with Crippen LogP contribution < -0.4 is 5.32 Å². The molecular formula is C13H15FN2O5. The lowest BCUT2D eigenvalue weighted by Gasteiger charge is -2.32. The number of benzene rings is 1. The van der Waals surface area contributed by atoms with Gasteiger partial charge in [-0.1, -0.05) is 0 Å². The fourth-order valence-electron chi connectivity index (χ4n) is 2.01. The zero-order chi connectivity index (χ0) is 15.4. The molecule has 2 amide bonds. The highest BCUT2D eigenvalue weighted by Gasteiger charge is 2.24. The second-order valence-electron chi connectivity index (χ2n) is 4.55. The molecule has 1 aliphatic rings. The van der Waals surface area contributed by atoms with Crippen molar-refractivity contribution in [2.45, 2.75) is 6.10 Å². The van der Waals surface area contributed by atoms with E-state index in [1.54, 1.807) is 0 Å². The Morgan fingerprint density at radius 3 is 2.90 bits per heavy atom. The molecule has 8 heteroatoms. The van der Waals surface area contributed by atoms with Crippen LogP contribution in [0.4, 0.5) is 14.9 Å². The first-order valence-electron chi connectivity index (χ1n) is 6.32. The van der Waals surface area contributed by atoms with Gasteiger partial charge >= 0.3 is 12.0 Å². The van der Waals surface area contributed by atoms with Gasteiger partial charge in [-0.25, -0.2) is 14.0 Å². The number of nitrogens with one attached hydrogen (secondary N) is 1. The van der Waals surface area contributed by atoms with Crippen LogP contribution in [0.5, 0.6) is 0 Å². The van der Waals surface area contributed by atoms with Gasteiger partial charge < -0.3 is 25.2 Å². The second-order valence-corrected chi connectivity index (χ2v) is 4.55. The van der Waals surface area contributed by atoms with Gasteiger partial charge in [0, 0.05) is 6.54 Å². The predicted molar refractivity (Wildman–Crippen MR) is 70.8 cm³/mol. The summed E-state index contributed by atoms with van der Waals surface area (Å²) >= 11 is 0. The van der Waals surface area contributed by atoms with Gasteiger partial charge in [0.1, 0.15) is 5.82 Å². The van der Waals surface area contributed by atoms with Crippen LogP contribution in [-0.4, -0.2) is 59.5 Å². The second kappa shape index (κ2) is 6.51. The van der Waals surface area contributed by atoms with Crippen molar-refractivity contribution in [3.8, 4) is 0 Å². The fraction of sp³-hybridized carbons (Fsp3) is 0.385. The number of nitrogens with zero attached hydrogens (tertiary/aromatic N) is 1. The average Bonchev–Trinajstić information content (AvgIpc) is 2.48. The molecule has 2 rings (SSSR count). The monoisotopic (exact) mass is 298 g/mol. The maximum absolute atomic E-state index is 13.1. The molecule has 1 aliphatic heterocycles. The maximum atomic E-state index is 13.1. The Kier molecular flexibility index (Phi) is 4.71. The molecular weight excluding hydrogens is 283 g/mol. The van der Waals surface area contributed by atoms with Crippen LogP contribution in [0.1, 0.15) is 10.4 Å². The molecule has 1 saturated heterocycles. The molecule has 0 aromatic heterocycles. The minimum absolute atomic E-state index is 0.0148. The number of aliphatic hydroxyl groups is 1. The number of carbonyl (C=O) groups is 2. The number of anilines is 1. The number of hydrogen-bond acceptors (Lipinski definition) is 4. The maximum Gasteiger partial charge on any atom is 0.337 e. The van der Waals surface area contributed by atoms with E-state index in [0.717, 1.165) is 12.1 Å². The Labute approximate surface area is 119 Å². The summed E-state index contributed by atoms with van der Waals surface area (Å²) in [5, 5.41) is 20.5. The molecule has 1 atom stereocenters.